The Balaban J connectivity index is 0.00000121. The van der Waals surface area contributed by atoms with E-state index in [1.807, 2.05) is 18.2 Å². The van der Waals surface area contributed by atoms with Crippen molar-refractivity contribution in [1.29, 1.82) is 0 Å². The predicted molar refractivity (Wildman–Crippen MR) is 51.2 cm³/mol. The van der Waals surface area contributed by atoms with E-state index < -0.39 is 0 Å². The van der Waals surface area contributed by atoms with Crippen molar-refractivity contribution < 1.29 is 24.0 Å². The molecule has 0 fully saturated rings. The van der Waals surface area contributed by atoms with Crippen LogP contribution in [0.15, 0.2) is 33.7 Å². The Morgan fingerprint density at radius 2 is 1.58 bits per heavy atom. The molecule has 0 radical (unpaired) electrons. The van der Waals surface area contributed by atoms with Crippen LogP contribution in [0.3, 0.4) is 0 Å². The molecule has 0 saturated carbocycles. The van der Waals surface area contributed by atoms with Gasteiger partial charge in [-0.3, -0.25) is 0 Å². The Morgan fingerprint density at radius 1 is 1.08 bits per heavy atom. The third-order valence-electron chi connectivity index (χ3n) is 1.21. The van der Waals surface area contributed by atoms with E-state index in [-0.39, 0.29) is 24.6 Å². The van der Waals surface area contributed by atoms with Crippen LogP contribution in [-0.2, 0) is 0 Å². The summed E-state index contributed by atoms with van der Waals surface area (Å²) in [7, 11) is 0. The first kappa shape index (κ1) is 12.3. The summed E-state index contributed by atoms with van der Waals surface area (Å²) in [4.78, 5) is 0. The molecule has 0 aliphatic carbocycles. The molecule has 1 rings (SSSR count). The van der Waals surface area contributed by atoms with Crippen LogP contribution < -0.4 is 24.0 Å². The first-order chi connectivity index (χ1) is 5.22. The summed E-state index contributed by atoms with van der Waals surface area (Å²) in [6.45, 7) is 0. The zero-order valence-corrected chi connectivity index (χ0v) is 9.72. The van der Waals surface area contributed by atoms with Gasteiger partial charge in [0.05, 0.1) is 3.39 Å². The maximum absolute atomic E-state index is 11.2. The Kier molecular flexibility index (Phi) is 6.03. The summed E-state index contributed by atoms with van der Waals surface area (Å²) in [5.41, 5.74) is 0.677. The zero-order valence-electron chi connectivity index (χ0n) is 6.55. The molecule has 1 nitrogen and oxygen atoms in total. The standard InChI is InChI=1S/C8H6Br2O.Li/c9-8(10)7(11)6-4-2-1-3-5-6;/h1-5,11H;/q;+1/p-1. The largest absolute Gasteiger partial charge is 1.00 e. The SMILES string of the molecule is [Li+].[O-]C(=C(Br)Br)c1ccccc1. The van der Waals surface area contributed by atoms with Gasteiger partial charge in [-0.05, 0) is 37.4 Å². The van der Waals surface area contributed by atoms with E-state index in [1.165, 1.54) is 0 Å². The molecule has 0 atom stereocenters. The monoisotopic (exact) mass is 282 g/mol. The van der Waals surface area contributed by atoms with Crippen molar-refractivity contribution in [3.63, 3.8) is 0 Å². The Hall–Kier alpha value is 0.317. The van der Waals surface area contributed by atoms with Gasteiger partial charge in [0.15, 0.2) is 0 Å². The van der Waals surface area contributed by atoms with Crippen LogP contribution in [0.2, 0.25) is 0 Å². The van der Waals surface area contributed by atoms with Crippen LogP contribution in [0.1, 0.15) is 5.56 Å². The molecule has 58 valence electrons. The summed E-state index contributed by atoms with van der Waals surface area (Å²) in [5.74, 6) is -0.0365. The normalized spacial score (nSPS) is 8.50. The van der Waals surface area contributed by atoms with Crippen LogP contribution in [-0.4, -0.2) is 0 Å². The molecule has 4 heteroatoms. The van der Waals surface area contributed by atoms with E-state index in [1.54, 1.807) is 12.1 Å². The topological polar surface area (TPSA) is 23.1 Å². The minimum atomic E-state index is -0.0365. The van der Waals surface area contributed by atoms with Gasteiger partial charge < -0.3 is 5.11 Å². The van der Waals surface area contributed by atoms with E-state index in [0.29, 0.717) is 8.96 Å². The molecule has 0 amide bonds. The van der Waals surface area contributed by atoms with Gasteiger partial charge in [-0.15, -0.1) is 0 Å². The fourth-order valence-corrected chi connectivity index (χ4v) is 1.16. The molecule has 0 spiro atoms. The maximum atomic E-state index is 11.2. The van der Waals surface area contributed by atoms with Crippen molar-refractivity contribution >= 4 is 37.6 Å². The van der Waals surface area contributed by atoms with Crippen molar-refractivity contribution in [2.24, 2.45) is 0 Å². The molecule has 0 aliphatic heterocycles. The Labute approximate surface area is 100 Å². The minimum absolute atomic E-state index is 0. The molecule has 0 aliphatic rings. The van der Waals surface area contributed by atoms with Crippen LogP contribution in [0.25, 0.3) is 5.76 Å². The van der Waals surface area contributed by atoms with Gasteiger partial charge in [-0.1, -0.05) is 36.1 Å². The number of hydrogen-bond donors (Lipinski definition) is 0. The van der Waals surface area contributed by atoms with E-state index in [4.69, 9.17) is 0 Å². The molecule has 0 heterocycles. The third kappa shape index (κ3) is 3.36. The minimum Gasteiger partial charge on any atom is -0.871 e. The maximum Gasteiger partial charge on any atom is 1.00 e. The van der Waals surface area contributed by atoms with Gasteiger partial charge in [-0.2, -0.15) is 0 Å². The average Bonchev–Trinajstić information content (AvgIpc) is 2.05. The smallest absolute Gasteiger partial charge is 0.871 e. The molecule has 0 saturated heterocycles. The fourth-order valence-electron chi connectivity index (χ4n) is 0.699. The van der Waals surface area contributed by atoms with Gasteiger partial charge in [0, 0.05) is 0 Å². The number of hydrogen-bond acceptors (Lipinski definition) is 1. The predicted octanol–water partition coefficient (Wildman–Crippen LogP) is -0.533. The van der Waals surface area contributed by atoms with Crippen LogP contribution in [0.5, 0.6) is 0 Å². The van der Waals surface area contributed by atoms with E-state index >= 15 is 0 Å². The number of halogens is 2. The van der Waals surface area contributed by atoms with Crippen molar-refractivity contribution in [3.8, 4) is 0 Å². The number of benzene rings is 1. The van der Waals surface area contributed by atoms with E-state index in [0.717, 1.165) is 0 Å². The van der Waals surface area contributed by atoms with Gasteiger partial charge in [0.2, 0.25) is 0 Å². The first-order valence-electron chi connectivity index (χ1n) is 2.99. The molecule has 0 aromatic heterocycles. The average molecular weight is 284 g/mol. The molecule has 0 unspecified atom stereocenters. The van der Waals surface area contributed by atoms with Crippen LogP contribution in [0, 0.1) is 0 Å². The Bertz CT molecular complexity index is 268. The molecule has 12 heavy (non-hydrogen) atoms. The summed E-state index contributed by atoms with van der Waals surface area (Å²) in [6, 6.07) is 9.07. The van der Waals surface area contributed by atoms with Gasteiger partial charge >= 0.3 is 18.9 Å². The Morgan fingerprint density at radius 3 is 2.00 bits per heavy atom. The van der Waals surface area contributed by atoms with Crippen LogP contribution >= 0.6 is 31.9 Å². The van der Waals surface area contributed by atoms with Crippen molar-refractivity contribution in [1.82, 2.24) is 0 Å². The number of rotatable bonds is 1. The van der Waals surface area contributed by atoms with E-state index in [2.05, 4.69) is 31.9 Å². The fraction of sp³-hybridized carbons (Fsp3) is 0. The molecule has 1 aromatic carbocycles. The van der Waals surface area contributed by atoms with Crippen molar-refractivity contribution in [3.05, 3.63) is 39.3 Å². The molecular weight excluding hydrogens is 279 g/mol. The molecule has 1 aromatic rings. The van der Waals surface area contributed by atoms with Crippen molar-refractivity contribution in [2.75, 3.05) is 0 Å². The van der Waals surface area contributed by atoms with Crippen molar-refractivity contribution in [2.45, 2.75) is 0 Å². The van der Waals surface area contributed by atoms with E-state index in [9.17, 15) is 5.11 Å². The third-order valence-corrected chi connectivity index (χ3v) is 1.93. The second-order valence-electron chi connectivity index (χ2n) is 1.96. The first-order valence-corrected chi connectivity index (χ1v) is 4.58. The van der Waals surface area contributed by atoms with Gasteiger partial charge in [-0.25, -0.2) is 0 Å². The summed E-state index contributed by atoms with van der Waals surface area (Å²) in [6.07, 6.45) is 0. The second-order valence-corrected chi connectivity index (χ2v) is 4.61. The van der Waals surface area contributed by atoms with Gasteiger partial charge in [0.1, 0.15) is 0 Å². The molecule has 0 bridgehead atoms. The van der Waals surface area contributed by atoms with Gasteiger partial charge in [0.25, 0.3) is 0 Å². The van der Waals surface area contributed by atoms with Crippen LogP contribution in [0.4, 0.5) is 0 Å². The molecule has 0 N–H and O–H groups in total. The zero-order chi connectivity index (χ0) is 8.27. The quantitative estimate of drug-likeness (QED) is 0.502. The summed E-state index contributed by atoms with van der Waals surface area (Å²) >= 11 is 6.12. The summed E-state index contributed by atoms with van der Waals surface area (Å²) < 4.78 is 0.455. The molecular formula is C8H5Br2LiO. The summed E-state index contributed by atoms with van der Waals surface area (Å²) in [5, 5.41) is 11.2. The second kappa shape index (κ2) is 5.88.